The molecule has 0 saturated carbocycles. The van der Waals surface area contributed by atoms with Crippen molar-refractivity contribution >= 4 is 35.1 Å². The first-order valence-electron chi connectivity index (χ1n) is 13.4. The summed E-state index contributed by atoms with van der Waals surface area (Å²) in [6, 6.07) is 12.9. The molecule has 1 N–H and O–H groups in total. The van der Waals surface area contributed by atoms with Crippen LogP contribution in [0.5, 0.6) is 0 Å². The van der Waals surface area contributed by atoms with Crippen molar-refractivity contribution in [1.82, 2.24) is 20.2 Å². The Kier molecular flexibility index (Phi) is 9.57. The number of benzene rings is 2. The van der Waals surface area contributed by atoms with Gasteiger partial charge in [0.05, 0.1) is 22.8 Å². The van der Waals surface area contributed by atoms with Crippen LogP contribution in [0.25, 0.3) is 16.9 Å². The molecule has 2 aromatic carbocycles. The monoisotopic (exact) mass is 580 g/mol. The lowest BCUT2D eigenvalue weighted by molar-refractivity contribution is -0.154. The quantitative estimate of drug-likeness (QED) is 0.257. The molecular weight excluding hydrogens is 547 g/mol. The van der Waals surface area contributed by atoms with E-state index in [2.05, 4.69) is 17.3 Å². The van der Waals surface area contributed by atoms with Gasteiger partial charge in [0.1, 0.15) is 5.60 Å². The van der Waals surface area contributed by atoms with Gasteiger partial charge >= 0.3 is 5.97 Å². The fourth-order valence-electron chi connectivity index (χ4n) is 4.51. The third kappa shape index (κ3) is 7.66. The number of ether oxygens (including phenoxy) is 1. The SMILES string of the molecule is Cc1c(C(=O)NN2CCCCC2)nn(-c2ccc(Cl)cc2Cl)c1-c1ccc(C#CCCC(=O)OC(C)(C)C)cc1. The smallest absolute Gasteiger partial charge is 0.307 e. The standard InChI is InChI=1S/C31H34Cl2N4O3/c1-21-28(30(39)35-36-18-8-5-9-19-36)34-37(26-17-16-24(32)20-25(26)33)29(21)23-14-12-22(13-15-23)10-6-7-11-27(38)40-31(2,3)4/h12-17,20H,5,7-9,11,18-19H2,1-4H3,(H,35,39). The number of hydrogen-bond acceptors (Lipinski definition) is 5. The van der Waals surface area contributed by atoms with E-state index in [9.17, 15) is 9.59 Å². The number of amides is 1. The van der Waals surface area contributed by atoms with Crippen LogP contribution in [0.2, 0.25) is 10.0 Å². The van der Waals surface area contributed by atoms with Gasteiger partial charge in [0.25, 0.3) is 5.91 Å². The van der Waals surface area contributed by atoms with Crippen molar-refractivity contribution in [1.29, 1.82) is 0 Å². The normalized spacial score (nSPS) is 13.8. The van der Waals surface area contributed by atoms with Gasteiger partial charge in [0, 0.05) is 41.2 Å². The van der Waals surface area contributed by atoms with Crippen molar-refractivity contribution < 1.29 is 14.3 Å². The molecule has 0 atom stereocenters. The summed E-state index contributed by atoms with van der Waals surface area (Å²) in [4.78, 5) is 25.2. The van der Waals surface area contributed by atoms with Crippen molar-refractivity contribution in [3.05, 3.63) is 69.3 Å². The Bertz CT molecular complexity index is 1440. The highest BCUT2D eigenvalue weighted by molar-refractivity contribution is 6.35. The van der Waals surface area contributed by atoms with Crippen molar-refractivity contribution in [2.24, 2.45) is 0 Å². The van der Waals surface area contributed by atoms with Crippen LogP contribution in [-0.2, 0) is 9.53 Å². The second-order valence-corrected chi connectivity index (χ2v) is 11.6. The number of esters is 1. The van der Waals surface area contributed by atoms with Crippen LogP contribution >= 0.6 is 23.2 Å². The van der Waals surface area contributed by atoms with Crippen LogP contribution in [0.15, 0.2) is 42.5 Å². The lowest BCUT2D eigenvalue weighted by Gasteiger charge is -2.26. The zero-order valence-corrected chi connectivity index (χ0v) is 24.8. The summed E-state index contributed by atoms with van der Waals surface area (Å²) in [7, 11) is 0. The summed E-state index contributed by atoms with van der Waals surface area (Å²) in [5.41, 5.74) is 6.60. The van der Waals surface area contributed by atoms with Gasteiger partial charge in [-0.15, -0.1) is 0 Å². The van der Waals surface area contributed by atoms with Gasteiger partial charge in [-0.3, -0.25) is 15.0 Å². The first-order chi connectivity index (χ1) is 19.0. The fourth-order valence-corrected chi connectivity index (χ4v) is 5.00. The molecule has 1 aliphatic heterocycles. The number of carbonyl (C=O) groups is 2. The Morgan fingerprint density at radius 2 is 1.75 bits per heavy atom. The average molecular weight is 582 g/mol. The zero-order valence-electron chi connectivity index (χ0n) is 23.3. The van der Waals surface area contributed by atoms with E-state index in [1.165, 1.54) is 6.42 Å². The van der Waals surface area contributed by atoms with E-state index >= 15 is 0 Å². The van der Waals surface area contributed by atoms with Crippen molar-refractivity contribution in [3.8, 4) is 28.8 Å². The number of hydrazine groups is 1. The maximum atomic E-state index is 13.3. The summed E-state index contributed by atoms with van der Waals surface area (Å²) in [6.07, 6.45) is 3.92. The maximum Gasteiger partial charge on any atom is 0.307 e. The van der Waals surface area contributed by atoms with E-state index in [1.807, 2.05) is 57.0 Å². The van der Waals surface area contributed by atoms with Crippen molar-refractivity contribution in [3.63, 3.8) is 0 Å². The number of nitrogens with zero attached hydrogens (tertiary/aromatic N) is 3. The second kappa shape index (κ2) is 12.9. The Morgan fingerprint density at radius 3 is 2.40 bits per heavy atom. The molecule has 0 unspecified atom stereocenters. The topological polar surface area (TPSA) is 76.5 Å². The van der Waals surface area contributed by atoms with E-state index in [0.717, 1.165) is 48.3 Å². The van der Waals surface area contributed by atoms with Crippen LogP contribution in [-0.4, -0.2) is 45.4 Å². The van der Waals surface area contributed by atoms with Crippen LogP contribution in [0.4, 0.5) is 0 Å². The fraction of sp³-hybridized carbons (Fsp3) is 0.387. The molecule has 40 heavy (non-hydrogen) atoms. The largest absolute Gasteiger partial charge is 0.460 e. The lowest BCUT2D eigenvalue weighted by atomic mass is 10.0. The minimum atomic E-state index is -0.505. The predicted molar refractivity (Wildman–Crippen MR) is 159 cm³/mol. The third-order valence-electron chi connectivity index (χ3n) is 6.36. The highest BCUT2D eigenvalue weighted by atomic mass is 35.5. The number of nitrogens with one attached hydrogen (secondary N) is 1. The lowest BCUT2D eigenvalue weighted by Crippen LogP contribution is -2.45. The first-order valence-corrected chi connectivity index (χ1v) is 14.2. The number of piperidine rings is 1. The van der Waals surface area contributed by atoms with Gasteiger partial charge in [-0.2, -0.15) is 5.10 Å². The molecule has 0 spiro atoms. The molecule has 9 heteroatoms. The molecule has 4 rings (SSSR count). The van der Waals surface area contributed by atoms with Gasteiger partial charge in [-0.25, -0.2) is 9.69 Å². The number of carbonyl (C=O) groups excluding carboxylic acids is 2. The van der Waals surface area contributed by atoms with E-state index in [0.29, 0.717) is 27.8 Å². The molecule has 7 nitrogen and oxygen atoms in total. The van der Waals surface area contributed by atoms with E-state index in [1.54, 1.807) is 22.9 Å². The molecule has 2 heterocycles. The molecule has 0 bridgehead atoms. The number of rotatable bonds is 6. The molecule has 0 aliphatic carbocycles. The van der Waals surface area contributed by atoms with Crippen LogP contribution in [0.3, 0.4) is 0 Å². The molecular formula is C31H34Cl2N4O3. The molecule has 3 aromatic rings. The molecule has 1 aromatic heterocycles. The summed E-state index contributed by atoms with van der Waals surface area (Å²) >= 11 is 12.7. The second-order valence-electron chi connectivity index (χ2n) is 10.8. The van der Waals surface area contributed by atoms with Gasteiger partial charge in [-0.05, 0) is 70.9 Å². The van der Waals surface area contributed by atoms with Crippen LogP contribution in [0, 0.1) is 18.8 Å². The Hall–Kier alpha value is -3.31. The minimum absolute atomic E-state index is 0.241. The van der Waals surface area contributed by atoms with E-state index < -0.39 is 5.60 Å². The Balaban J connectivity index is 1.60. The zero-order chi connectivity index (χ0) is 28.9. The molecule has 1 amide bonds. The molecule has 210 valence electrons. The van der Waals surface area contributed by atoms with Gasteiger partial charge in [0.15, 0.2) is 5.69 Å². The molecule has 1 fully saturated rings. The van der Waals surface area contributed by atoms with Gasteiger partial charge < -0.3 is 4.74 Å². The minimum Gasteiger partial charge on any atom is -0.460 e. The summed E-state index contributed by atoms with van der Waals surface area (Å²) in [5.74, 6) is 5.63. The third-order valence-corrected chi connectivity index (χ3v) is 6.89. The number of halogens is 2. The first kappa shape index (κ1) is 29.7. The predicted octanol–water partition coefficient (Wildman–Crippen LogP) is 6.76. The number of aromatic nitrogens is 2. The van der Waals surface area contributed by atoms with Crippen molar-refractivity contribution in [2.75, 3.05) is 13.1 Å². The maximum absolute atomic E-state index is 13.3. The highest BCUT2D eigenvalue weighted by Gasteiger charge is 2.25. The summed E-state index contributed by atoms with van der Waals surface area (Å²) < 4.78 is 7.02. The highest BCUT2D eigenvalue weighted by Crippen LogP contribution is 2.33. The summed E-state index contributed by atoms with van der Waals surface area (Å²) in [5, 5.41) is 7.60. The summed E-state index contributed by atoms with van der Waals surface area (Å²) in [6.45, 7) is 9.06. The van der Waals surface area contributed by atoms with E-state index in [-0.39, 0.29) is 18.3 Å². The van der Waals surface area contributed by atoms with Crippen LogP contribution in [0.1, 0.15) is 74.5 Å². The molecule has 1 aliphatic rings. The van der Waals surface area contributed by atoms with E-state index in [4.69, 9.17) is 33.0 Å². The van der Waals surface area contributed by atoms with Gasteiger partial charge in [0.2, 0.25) is 0 Å². The van der Waals surface area contributed by atoms with Gasteiger partial charge in [-0.1, -0.05) is 53.6 Å². The van der Waals surface area contributed by atoms with Crippen LogP contribution < -0.4 is 5.43 Å². The Labute approximate surface area is 245 Å². The van der Waals surface area contributed by atoms with Crippen molar-refractivity contribution in [2.45, 2.75) is 65.4 Å². The number of hydrogen-bond donors (Lipinski definition) is 1. The molecule has 1 saturated heterocycles. The Morgan fingerprint density at radius 1 is 1.05 bits per heavy atom. The average Bonchev–Trinajstić information content (AvgIpc) is 3.23. The molecule has 0 radical (unpaired) electrons.